The average molecular weight is 398 g/mol. The maximum Gasteiger partial charge on any atom is 0.416 e. The molecule has 0 saturated carbocycles. The molecule has 0 spiro atoms. The molecule has 0 radical (unpaired) electrons. The van der Waals surface area contributed by atoms with Crippen molar-refractivity contribution >= 4 is 23.0 Å². The highest BCUT2D eigenvalue weighted by Gasteiger charge is 2.29. The Morgan fingerprint density at radius 2 is 1.59 bits per heavy atom. The summed E-state index contributed by atoms with van der Waals surface area (Å²) in [6.07, 6.45) is -4.36. The van der Waals surface area contributed by atoms with Gasteiger partial charge >= 0.3 is 6.18 Å². The third-order valence-corrected chi connectivity index (χ3v) is 3.78. The van der Waals surface area contributed by atoms with Crippen LogP contribution in [0.5, 0.6) is 11.5 Å². The number of ether oxygens (including phenoxy) is 2. The molecule has 146 valence electrons. The Bertz CT molecular complexity index is 765. The van der Waals surface area contributed by atoms with Crippen molar-refractivity contribution in [3.63, 3.8) is 0 Å². The van der Waals surface area contributed by atoms with Crippen LogP contribution >= 0.6 is 12.2 Å². The SMILES string of the molecule is CCOc1ccc(CNC(=S)Nc2ccc(C(F)(F)F)cc2)cc1OCC. The fraction of sp³-hybridized carbons (Fsp3) is 0.316. The van der Waals surface area contributed by atoms with Gasteiger partial charge in [0.05, 0.1) is 18.8 Å². The molecule has 0 aromatic heterocycles. The van der Waals surface area contributed by atoms with E-state index in [1.807, 2.05) is 32.0 Å². The minimum Gasteiger partial charge on any atom is -0.490 e. The van der Waals surface area contributed by atoms with Crippen LogP contribution in [0.25, 0.3) is 0 Å². The fourth-order valence-corrected chi connectivity index (χ4v) is 2.50. The second-order valence-corrected chi connectivity index (χ2v) is 5.94. The molecule has 2 aromatic carbocycles. The lowest BCUT2D eigenvalue weighted by Gasteiger charge is -2.14. The van der Waals surface area contributed by atoms with Crippen molar-refractivity contribution in [1.29, 1.82) is 0 Å². The lowest BCUT2D eigenvalue weighted by Crippen LogP contribution is -2.27. The zero-order valence-corrected chi connectivity index (χ0v) is 15.8. The molecule has 0 saturated heterocycles. The summed E-state index contributed by atoms with van der Waals surface area (Å²) >= 11 is 5.19. The van der Waals surface area contributed by atoms with E-state index in [0.29, 0.717) is 42.1 Å². The number of nitrogens with one attached hydrogen (secondary N) is 2. The molecule has 0 fully saturated rings. The molecular formula is C19H21F3N2O2S. The van der Waals surface area contributed by atoms with Gasteiger partial charge in [0.25, 0.3) is 0 Å². The highest BCUT2D eigenvalue weighted by Crippen LogP contribution is 2.30. The molecule has 8 heteroatoms. The average Bonchev–Trinajstić information content (AvgIpc) is 2.62. The zero-order chi connectivity index (χ0) is 19.9. The van der Waals surface area contributed by atoms with Crippen molar-refractivity contribution in [2.45, 2.75) is 26.6 Å². The van der Waals surface area contributed by atoms with E-state index in [0.717, 1.165) is 17.7 Å². The largest absolute Gasteiger partial charge is 0.490 e. The van der Waals surface area contributed by atoms with Crippen molar-refractivity contribution in [2.75, 3.05) is 18.5 Å². The Morgan fingerprint density at radius 1 is 0.963 bits per heavy atom. The van der Waals surface area contributed by atoms with E-state index in [4.69, 9.17) is 21.7 Å². The van der Waals surface area contributed by atoms with Gasteiger partial charge in [-0.15, -0.1) is 0 Å². The van der Waals surface area contributed by atoms with Crippen LogP contribution in [0.3, 0.4) is 0 Å². The first-order chi connectivity index (χ1) is 12.8. The van der Waals surface area contributed by atoms with Crippen molar-refractivity contribution in [3.8, 4) is 11.5 Å². The second-order valence-electron chi connectivity index (χ2n) is 5.53. The Balaban J connectivity index is 1.94. The van der Waals surface area contributed by atoms with E-state index in [1.165, 1.54) is 12.1 Å². The third-order valence-electron chi connectivity index (χ3n) is 3.53. The number of hydrogen-bond acceptors (Lipinski definition) is 3. The van der Waals surface area contributed by atoms with Gasteiger partial charge in [0.2, 0.25) is 0 Å². The van der Waals surface area contributed by atoms with Crippen LogP contribution in [0.1, 0.15) is 25.0 Å². The minimum atomic E-state index is -4.36. The van der Waals surface area contributed by atoms with Crippen LogP contribution < -0.4 is 20.1 Å². The molecule has 2 rings (SSSR count). The maximum absolute atomic E-state index is 12.6. The molecule has 0 unspecified atom stereocenters. The number of alkyl halides is 3. The van der Waals surface area contributed by atoms with E-state index in [-0.39, 0.29) is 0 Å². The van der Waals surface area contributed by atoms with Crippen molar-refractivity contribution in [1.82, 2.24) is 5.32 Å². The van der Waals surface area contributed by atoms with Crippen LogP contribution in [0.15, 0.2) is 42.5 Å². The molecule has 2 N–H and O–H groups in total. The van der Waals surface area contributed by atoms with E-state index >= 15 is 0 Å². The van der Waals surface area contributed by atoms with E-state index < -0.39 is 11.7 Å². The molecular weight excluding hydrogens is 377 g/mol. The van der Waals surface area contributed by atoms with Gasteiger partial charge in [0.15, 0.2) is 16.6 Å². The summed E-state index contributed by atoms with van der Waals surface area (Å²) < 4.78 is 48.8. The molecule has 2 aromatic rings. The molecule has 4 nitrogen and oxygen atoms in total. The second kappa shape index (κ2) is 9.45. The van der Waals surface area contributed by atoms with Gasteiger partial charge in [-0.1, -0.05) is 6.07 Å². The predicted molar refractivity (Wildman–Crippen MR) is 103 cm³/mol. The first-order valence-corrected chi connectivity index (χ1v) is 8.85. The first kappa shape index (κ1) is 20.8. The van der Waals surface area contributed by atoms with Crippen LogP contribution in [0.4, 0.5) is 18.9 Å². The van der Waals surface area contributed by atoms with E-state index in [1.54, 1.807) is 0 Å². The van der Waals surface area contributed by atoms with Gasteiger partial charge in [-0.2, -0.15) is 13.2 Å². The minimum absolute atomic E-state index is 0.307. The number of hydrogen-bond donors (Lipinski definition) is 2. The van der Waals surface area contributed by atoms with Gasteiger partial charge in [-0.3, -0.25) is 0 Å². The quantitative estimate of drug-likeness (QED) is 0.644. The van der Waals surface area contributed by atoms with Crippen molar-refractivity contribution in [3.05, 3.63) is 53.6 Å². The summed E-state index contributed by atoms with van der Waals surface area (Å²) in [4.78, 5) is 0. The summed E-state index contributed by atoms with van der Waals surface area (Å²) in [6.45, 7) is 5.28. The van der Waals surface area contributed by atoms with Crippen LogP contribution in [-0.2, 0) is 12.7 Å². The topological polar surface area (TPSA) is 42.5 Å². The number of thiocarbonyl (C=S) groups is 1. The predicted octanol–water partition coefficient (Wildman–Crippen LogP) is 4.99. The van der Waals surface area contributed by atoms with Gasteiger partial charge in [0.1, 0.15) is 0 Å². The van der Waals surface area contributed by atoms with Crippen LogP contribution in [-0.4, -0.2) is 18.3 Å². The first-order valence-electron chi connectivity index (χ1n) is 8.44. The molecule has 0 amide bonds. The normalized spacial score (nSPS) is 11.0. The standard InChI is InChI=1S/C19H21F3N2O2S/c1-3-25-16-10-5-13(11-17(16)26-4-2)12-23-18(27)24-15-8-6-14(7-9-15)19(20,21)22/h5-11H,3-4,12H2,1-2H3,(H2,23,24,27). The number of benzene rings is 2. The van der Waals surface area contributed by atoms with Gasteiger partial charge in [0, 0.05) is 12.2 Å². The molecule has 0 aliphatic rings. The third kappa shape index (κ3) is 6.32. The Morgan fingerprint density at radius 3 is 2.19 bits per heavy atom. The monoisotopic (exact) mass is 398 g/mol. The zero-order valence-electron chi connectivity index (χ0n) is 15.0. The highest BCUT2D eigenvalue weighted by atomic mass is 32.1. The van der Waals surface area contributed by atoms with Gasteiger partial charge in [-0.25, -0.2) is 0 Å². The molecule has 0 bridgehead atoms. The van der Waals surface area contributed by atoms with Crippen molar-refractivity contribution < 1.29 is 22.6 Å². The number of halogens is 3. The summed E-state index contributed by atoms with van der Waals surface area (Å²) in [5, 5.41) is 6.18. The summed E-state index contributed by atoms with van der Waals surface area (Å²) in [5.41, 5.74) is 0.699. The Hall–Kier alpha value is -2.48. The molecule has 0 heterocycles. The van der Waals surface area contributed by atoms with E-state index in [2.05, 4.69) is 10.6 Å². The lowest BCUT2D eigenvalue weighted by atomic mass is 10.2. The number of rotatable bonds is 7. The summed E-state index contributed by atoms with van der Waals surface area (Å²) in [5.74, 6) is 1.33. The van der Waals surface area contributed by atoms with Crippen LogP contribution in [0, 0.1) is 0 Å². The summed E-state index contributed by atoms with van der Waals surface area (Å²) in [7, 11) is 0. The fourth-order valence-electron chi connectivity index (χ4n) is 2.31. The van der Waals surface area contributed by atoms with Crippen LogP contribution in [0.2, 0.25) is 0 Å². The van der Waals surface area contributed by atoms with E-state index in [9.17, 15) is 13.2 Å². The lowest BCUT2D eigenvalue weighted by molar-refractivity contribution is -0.137. The Kier molecular flexibility index (Phi) is 7.29. The van der Waals surface area contributed by atoms with Gasteiger partial charge < -0.3 is 20.1 Å². The number of anilines is 1. The molecule has 0 atom stereocenters. The van der Waals surface area contributed by atoms with Crippen molar-refractivity contribution in [2.24, 2.45) is 0 Å². The highest BCUT2D eigenvalue weighted by molar-refractivity contribution is 7.80. The Labute approximate surface area is 161 Å². The summed E-state index contributed by atoms with van der Waals surface area (Å²) in [6, 6.07) is 10.3. The molecule has 27 heavy (non-hydrogen) atoms. The van der Waals surface area contributed by atoms with Gasteiger partial charge in [-0.05, 0) is 68.0 Å². The maximum atomic E-state index is 12.6. The molecule has 0 aliphatic heterocycles. The smallest absolute Gasteiger partial charge is 0.416 e. The molecule has 0 aliphatic carbocycles.